The molecule has 9 nitrogen and oxygen atoms in total. The van der Waals surface area contributed by atoms with E-state index in [-0.39, 0.29) is 11.7 Å². The van der Waals surface area contributed by atoms with Crippen LogP contribution in [0.15, 0.2) is 35.1 Å². The van der Waals surface area contributed by atoms with E-state index in [0.29, 0.717) is 55.4 Å². The predicted octanol–water partition coefficient (Wildman–Crippen LogP) is 2.87. The molecule has 2 aromatic heterocycles. The van der Waals surface area contributed by atoms with Gasteiger partial charge in [-0.15, -0.1) is 5.92 Å². The summed E-state index contributed by atoms with van der Waals surface area (Å²) >= 11 is 0. The van der Waals surface area contributed by atoms with E-state index in [0.717, 1.165) is 5.56 Å². The van der Waals surface area contributed by atoms with Gasteiger partial charge >= 0.3 is 6.09 Å². The number of hydrogen-bond donors (Lipinski definition) is 1. The Morgan fingerprint density at radius 2 is 1.85 bits per heavy atom. The van der Waals surface area contributed by atoms with Gasteiger partial charge in [-0.3, -0.25) is 9.36 Å². The van der Waals surface area contributed by atoms with Gasteiger partial charge in [-0.05, 0) is 27.7 Å². The quantitative estimate of drug-likeness (QED) is 0.619. The number of ether oxygens (including phenoxy) is 1. The fourth-order valence-electron chi connectivity index (χ4n) is 3.81. The van der Waals surface area contributed by atoms with Crippen molar-refractivity contribution in [1.82, 2.24) is 24.6 Å². The lowest BCUT2D eigenvalue weighted by Crippen LogP contribution is -2.50. The second-order valence-corrected chi connectivity index (χ2v) is 8.84. The van der Waals surface area contributed by atoms with Crippen LogP contribution in [0.5, 0.6) is 0 Å². The minimum atomic E-state index is -0.539. The first-order valence-electron chi connectivity index (χ1n) is 11.0. The summed E-state index contributed by atoms with van der Waals surface area (Å²) in [5, 5.41) is 6.90. The zero-order valence-electron chi connectivity index (χ0n) is 19.4. The van der Waals surface area contributed by atoms with Crippen molar-refractivity contribution in [2.45, 2.75) is 39.8 Å². The van der Waals surface area contributed by atoms with E-state index in [1.165, 1.54) is 0 Å². The average molecular weight is 449 g/mol. The van der Waals surface area contributed by atoms with Gasteiger partial charge < -0.3 is 14.5 Å². The zero-order valence-corrected chi connectivity index (χ0v) is 19.4. The molecule has 0 bridgehead atoms. The Morgan fingerprint density at radius 1 is 1.15 bits per heavy atom. The summed E-state index contributed by atoms with van der Waals surface area (Å²) in [5.41, 5.74) is 1.61. The molecular formula is C24H28N6O3. The molecule has 1 aromatic carbocycles. The third-order valence-corrected chi connectivity index (χ3v) is 5.33. The Kier molecular flexibility index (Phi) is 6.09. The first-order chi connectivity index (χ1) is 15.8. The number of piperazine rings is 1. The van der Waals surface area contributed by atoms with Crippen molar-refractivity contribution in [2.75, 3.05) is 31.1 Å². The molecule has 33 heavy (non-hydrogen) atoms. The number of carbonyl (C=O) groups is 1. The van der Waals surface area contributed by atoms with Crippen LogP contribution in [0.1, 0.15) is 27.7 Å². The largest absolute Gasteiger partial charge is 0.444 e. The van der Waals surface area contributed by atoms with Gasteiger partial charge in [-0.1, -0.05) is 36.3 Å². The summed E-state index contributed by atoms with van der Waals surface area (Å²) in [6, 6.07) is 9.64. The second kappa shape index (κ2) is 8.98. The molecular weight excluding hydrogens is 420 g/mol. The molecule has 1 saturated heterocycles. The Bertz CT molecular complexity index is 1270. The standard InChI is InChI=1S/C24H28N6O3/c1-5-6-12-30-20-19(18(26-27-21(20)31)17-10-8-7-9-11-17)25-22(30)28-13-15-29(16-14-28)23(32)33-24(2,3)4/h7-11H,12-16H2,1-4H3,(H,27,31). The lowest BCUT2D eigenvalue weighted by molar-refractivity contribution is 0.0240. The molecule has 9 heteroatoms. The van der Waals surface area contributed by atoms with Crippen molar-refractivity contribution in [3.8, 4) is 23.1 Å². The molecule has 0 radical (unpaired) electrons. The van der Waals surface area contributed by atoms with Crippen molar-refractivity contribution < 1.29 is 9.53 Å². The number of aromatic nitrogens is 4. The number of imidazole rings is 1. The van der Waals surface area contributed by atoms with Gasteiger partial charge in [0.25, 0.3) is 5.56 Å². The number of H-pyrrole nitrogens is 1. The number of carbonyl (C=O) groups excluding carboxylic acids is 1. The molecule has 1 aliphatic heterocycles. The van der Waals surface area contributed by atoms with E-state index in [9.17, 15) is 9.59 Å². The predicted molar refractivity (Wildman–Crippen MR) is 127 cm³/mol. The van der Waals surface area contributed by atoms with Crippen LogP contribution >= 0.6 is 0 Å². The molecule has 3 aromatic rings. The van der Waals surface area contributed by atoms with Crippen LogP contribution in [0.3, 0.4) is 0 Å². The average Bonchev–Trinajstić information content (AvgIpc) is 3.18. The lowest BCUT2D eigenvalue weighted by Gasteiger charge is -2.36. The second-order valence-electron chi connectivity index (χ2n) is 8.84. The van der Waals surface area contributed by atoms with Gasteiger partial charge in [0.2, 0.25) is 5.95 Å². The first-order valence-corrected chi connectivity index (χ1v) is 11.0. The Morgan fingerprint density at radius 3 is 2.48 bits per heavy atom. The zero-order chi connectivity index (χ0) is 23.6. The van der Waals surface area contributed by atoms with E-state index in [1.807, 2.05) is 55.7 Å². The van der Waals surface area contributed by atoms with Crippen LogP contribution < -0.4 is 10.5 Å². The minimum Gasteiger partial charge on any atom is -0.444 e. The Labute approximate surface area is 192 Å². The normalized spacial score (nSPS) is 14.2. The number of rotatable bonds is 3. The molecule has 0 unspecified atom stereocenters. The van der Waals surface area contributed by atoms with Gasteiger partial charge in [0, 0.05) is 31.7 Å². The number of fused-ring (bicyclic) bond motifs is 1. The van der Waals surface area contributed by atoms with Crippen LogP contribution in [-0.2, 0) is 11.3 Å². The molecule has 172 valence electrons. The van der Waals surface area contributed by atoms with Crippen molar-refractivity contribution in [3.05, 3.63) is 40.7 Å². The number of aromatic amines is 1. The molecule has 0 atom stereocenters. The summed E-state index contributed by atoms with van der Waals surface area (Å²) in [6.45, 7) is 9.78. The number of amides is 1. The van der Waals surface area contributed by atoms with E-state index < -0.39 is 5.60 Å². The van der Waals surface area contributed by atoms with E-state index in [4.69, 9.17) is 9.72 Å². The van der Waals surface area contributed by atoms with Crippen molar-refractivity contribution in [3.63, 3.8) is 0 Å². The van der Waals surface area contributed by atoms with E-state index in [2.05, 4.69) is 26.9 Å². The number of hydrogen-bond acceptors (Lipinski definition) is 6. The Balaban J connectivity index is 1.70. The van der Waals surface area contributed by atoms with Gasteiger partial charge in [0.1, 0.15) is 22.3 Å². The SMILES string of the molecule is CC#CCn1c(N2CCN(C(=O)OC(C)(C)C)CC2)nc2c(-c3ccccc3)n[nH]c(=O)c21. The number of nitrogens with zero attached hydrogens (tertiary/aromatic N) is 5. The maximum atomic E-state index is 12.8. The number of nitrogens with one attached hydrogen (secondary N) is 1. The van der Waals surface area contributed by atoms with Gasteiger partial charge in [-0.2, -0.15) is 5.10 Å². The van der Waals surface area contributed by atoms with Crippen LogP contribution in [0.2, 0.25) is 0 Å². The van der Waals surface area contributed by atoms with Crippen molar-refractivity contribution in [1.29, 1.82) is 0 Å². The van der Waals surface area contributed by atoms with Crippen molar-refractivity contribution >= 4 is 23.1 Å². The maximum Gasteiger partial charge on any atom is 0.410 e. The highest BCUT2D eigenvalue weighted by atomic mass is 16.6. The molecule has 0 aliphatic carbocycles. The Hall–Kier alpha value is -3.80. The smallest absolute Gasteiger partial charge is 0.410 e. The highest BCUT2D eigenvalue weighted by Gasteiger charge is 2.29. The molecule has 4 rings (SSSR count). The summed E-state index contributed by atoms with van der Waals surface area (Å²) in [4.78, 5) is 33.9. The molecule has 0 saturated carbocycles. The highest BCUT2D eigenvalue weighted by Crippen LogP contribution is 2.28. The maximum absolute atomic E-state index is 12.8. The van der Waals surface area contributed by atoms with Crippen molar-refractivity contribution in [2.24, 2.45) is 0 Å². The van der Waals surface area contributed by atoms with Gasteiger partial charge in [0.15, 0.2) is 0 Å². The number of anilines is 1. The lowest BCUT2D eigenvalue weighted by atomic mass is 10.1. The molecule has 3 heterocycles. The summed E-state index contributed by atoms with van der Waals surface area (Å²) in [6.07, 6.45) is -0.320. The molecule has 1 N–H and O–H groups in total. The van der Waals surface area contributed by atoms with Crippen LogP contribution in [0.25, 0.3) is 22.3 Å². The number of benzene rings is 1. The summed E-state index contributed by atoms with van der Waals surface area (Å²) in [7, 11) is 0. The molecule has 0 spiro atoms. The van der Waals surface area contributed by atoms with E-state index >= 15 is 0 Å². The third-order valence-electron chi connectivity index (χ3n) is 5.33. The first kappa shape index (κ1) is 22.4. The van der Waals surface area contributed by atoms with E-state index in [1.54, 1.807) is 11.8 Å². The highest BCUT2D eigenvalue weighted by molar-refractivity contribution is 5.90. The molecule has 1 amide bonds. The summed E-state index contributed by atoms with van der Waals surface area (Å²) < 4.78 is 7.33. The van der Waals surface area contributed by atoms with Gasteiger partial charge in [-0.25, -0.2) is 14.9 Å². The fraction of sp³-hybridized carbons (Fsp3) is 0.417. The minimum absolute atomic E-state index is 0.311. The third kappa shape index (κ3) is 4.70. The van der Waals surface area contributed by atoms with Gasteiger partial charge in [0.05, 0.1) is 6.54 Å². The van der Waals surface area contributed by atoms with Crippen LogP contribution in [0, 0.1) is 11.8 Å². The summed E-state index contributed by atoms with van der Waals surface area (Å²) in [5.74, 6) is 6.59. The topological polar surface area (TPSA) is 96.3 Å². The molecule has 1 aliphatic rings. The van der Waals surface area contributed by atoms with Crippen LogP contribution in [0.4, 0.5) is 10.7 Å². The fourth-order valence-corrected chi connectivity index (χ4v) is 3.81. The molecule has 1 fully saturated rings. The monoisotopic (exact) mass is 448 g/mol. The van der Waals surface area contributed by atoms with Crippen LogP contribution in [-0.4, -0.2) is 62.5 Å².